The van der Waals surface area contributed by atoms with Crippen molar-refractivity contribution in [3.05, 3.63) is 29.3 Å². The summed E-state index contributed by atoms with van der Waals surface area (Å²) < 4.78 is 0. The molecule has 1 N–H and O–H groups in total. The first-order valence-corrected chi connectivity index (χ1v) is 6.48. The van der Waals surface area contributed by atoms with Gasteiger partial charge in [0.2, 0.25) is 5.91 Å². The summed E-state index contributed by atoms with van der Waals surface area (Å²) in [5.41, 5.74) is 3.21. The highest BCUT2D eigenvalue weighted by Crippen LogP contribution is 2.22. The standard InChI is InChI=1S/C15H21NO2/c1-4-12-7-6-8-13(5-2)15(12)16-14(18)10-9-11(3)17/h6-8H,4-5,9-10H2,1-3H3,(H,16,18). The Morgan fingerprint density at radius 2 is 1.61 bits per heavy atom. The number of nitrogens with one attached hydrogen (secondary N) is 1. The third kappa shape index (κ3) is 3.99. The third-order valence-corrected chi connectivity index (χ3v) is 2.97. The van der Waals surface area contributed by atoms with E-state index in [0.29, 0.717) is 6.42 Å². The summed E-state index contributed by atoms with van der Waals surface area (Å²) in [5, 5.41) is 2.95. The summed E-state index contributed by atoms with van der Waals surface area (Å²) in [4.78, 5) is 22.7. The summed E-state index contributed by atoms with van der Waals surface area (Å²) in [7, 11) is 0. The number of benzene rings is 1. The molecule has 0 aromatic heterocycles. The van der Waals surface area contributed by atoms with E-state index in [1.807, 2.05) is 18.2 Å². The molecule has 1 amide bonds. The molecule has 0 saturated carbocycles. The lowest BCUT2D eigenvalue weighted by molar-refractivity contribution is -0.121. The molecule has 0 fully saturated rings. The monoisotopic (exact) mass is 247 g/mol. The van der Waals surface area contributed by atoms with Crippen LogP contribution >= 0.6 is 0 Å². The summed E-state index contributed by atoms with van der Waals surface area (Å²) in [5.74, 6) is -0.0366. The highest BCUT2D eigenvalue weighted by Gasteiger charge is 2.10. The molecule has 0 atom stereocenters. The number of anilines is 1. The van der Waals surface area contributed by atoms with Gasteiger partial charge in [0.15, 0.2) is 0 Å². The molecule has 0 heterocycles. The molecule has 0 radical (unpaired) electrons. The maximum Gasteiger partial charge on any atom is 0.224 e. The van der Waals surface area contributed by atoms with Crippen molar-refractivity contribution in [2.45, 2.75) is 46.5 Å². The number of Topliss-reactive ketones (excluding diaryl/α,β-unsaturated/α-hetero) is 1. The molecule has 0 aliphatic carbocycles. The molecule has 3 heteroatoms. The van der Waals surface area contributed by atoms with E-state index in [1.54, 1.807) is 0 Å². The van der Waals surface area contributed by atoms with Crippen molar-refractivity contribution in [1.82, 2.24) is 0 Å². The van der Waals surface area contributed by atoms with E-state index in [2.05, 4.69) is 19.2 Å². The Kier molecular flexibility index (Phi) is 5.56. The number of aryl methyl sites for hydroxylation is 2. The molecule has 1 aromatic carbocycles. The highest BCUT2D eigenvalue weighted by molar-refractivity contribution is 5.94. The second kappa shape index (κ2) is 6.94. The van der Waals surface area contributed by atoms with Gasteiger partial charge in [0.1, 0.15) is 5.78 Å². The number of para-hydroxylation sites is 1. The predicted molar refractivity (Wildman–Crippen MR) is 73.7 cm³/mol. The van der Waals surface area contributed by atoms with Gasteiger partial charge in [-0.2, -0.15) is 0 Å². The minimum Gasteiger partial charge on any atom is -0.326 e. The zero-order chi connectivity index (χ0) is 13.5. The number of ketones is 1. The number of amides is 1. The zero-order valence-corrected chi connectivity index (χ0v) is 11.4. The fraction of sp³-hybridized carbons (Fsp3) is 0.467. The van der Waals surface area contributed by atoms with Crippen molar-refractivity contribution in [3.8, 4) is 0 Å². The number of hydrogen-bond donors (Lipinski definition) is 1. The molecule has 0 unspecified atom stereocenters. The number of carbonyl (C=O) groups is 2. The number of carbonyl (C=O) groups excluding carboxylic acids is 2. The van der Waals surface area contributed by atoms with Crippen LogP contribution in [0.2, 0.25) is 0 Å². The third-order valence-electron chi connectivity index (χ3n) is 2.97. The van der Waals surface area contributed by atoms with Crippen molar-refractivity contribution < 1.29 is 9.59 Å². The number of hydrogen-bond acceptors (Lipinski definition) is 2. The van der Waals surface area contributed by atoms with Crippen molar-refractivity contribution in [2.75, 3.05) is 5.32 Å². The van der Waals surface area contributed by atoms with Gasteiger partial charge in [-0.05, 0) is 30.9 Å². The van der Waals surface area contributed by atoms with Crippen molar-refractivity contribution >= 4 is 17.4 Å². The minimum absolute atomic E-state index is 0.0460. The van der Waals surface area contributed by atoms with Gasteiger partial charge in [-0.1, -0.05) is 32.0 Å². The van der Waals surface area contributed by atoms with Crippen molar-refractivity contribution in [2.24, 2.45) is 0 Å². The van der Waals surface area contributed by atoms with Gasteiger partial charge in [-0.3, -0.25) is 4.79 Å². The van der Waals surface area contributed by atoms with Crippen LogP contribution in [-0.4, -0.2) is 11.7 Å². The Bertz CT molecular complexity index is 416. The van der Waals surface area contributed by atoms with Gasteiger partial charge in [0, 0.05) is 18.5 Å². The van der Waals surface area contributed by atoms with Gasteiger partial charge < -0.3 is 10.1 Å². The molecular formula is C15H21NO2. The fourth-order valence-corrected chi connectivity index (χ4v) is 1.89. The Morgan fingerprint density at radius 1 is 1.06 bits per heavy atom. The first kappa shape index (κ1) is 14.4. The van der Waals surface area contributed by atoms with Crippen LogP contribution in [0.25, 0.3) is 0 Å². The van der Waals surface area contributed by atoms with Crippen LogP contribution in [0.1, 0.15) is 44.7 Å². The van der Waals surface area contributed by atoms with Crippen LogP contribution in [0.3, 0.4) is 0 Å². The van der Waals surface area contributed by atoms with E-state index in [1.165, 1.54) is 6.92 Å². The maximum absolute atomic E-state index is 11.8. The predicted octanol–water partition coefficient (Wildman–Crippen LogP) is 3.12. The van der Waals surface area contributed by atoms with Crippen LogP contribution in [0, 0.1) is 0 Å². The lowest BCUT2D eigenvalue weighted by atomic mass is 10.0. The minimum atomic E-state index is -0.0826. The molecule has 1 rings (SSSR count). The number of rotatable bonds is 6. The van der Waals surface area contributed by atoms with E-state index < -0.39 is 0 Å². The topological polar surface area (TPSA) is 46.2 Å². The van der Waals surface area contributed by atoms with Gasteiger partial charge >= 0.3 is 0 Å². The van der Waals surface area contributed by atoms with Crippen LogP contribution in [0.4, 0.5) is 5.69 Å². The van der Waals surface area contributed by atoms with Crippen LogP contribution in [0.15, 0.2) is 18.2 Å². The molecule has 98 valence electrons. The lowest BCUT2D eigenvalue weighted by Gasteiger charge is -2.14. The van der Waals surface area contributed by atoms with Gasteiger partial charge in [0.05, 0.1) is 0 Å². The molecule has 3 nitrogen and oxygen atoms in total. The van der Waals surface area contributed by atoms with Crippen LogP contribution in [0.5, 0.6) is 0 Å². The summed E-state index contributed by atoms with van der Waals surface area (Å²) in [6.45, 7) is 5.64. The Balaban J connectivity index is 2.82. The summed E-state index contributed by atoms with van der Waals surface area (Å²) in [6, 6.07) is 6.07. The fourth-order valence-electron chi connectivity index (χ4n) is 1.89. The van der Waals surface area contributed by atoms with Crippen LogP contribution < -0.4 is 5.32 Å². The van der Waals surface area contributed by atoms with Gasteiger partial charge in [-0.15, -0.1) is 0 Å². The first-order valence-electron chi connectivity index (χ1n) is 6.48. The van der Waals surface area contributed by atoms with E-state index in [-0.39, 0.29) is 18.1 Å². The van der Waals surface area contributed by atoms with E-state index in [0.717, 1.165) is 29.7 Å². The molecule has 0 bridgehead atoms. The second-order valence-corrected chi connectivity index (χ2v) is 4.41. The molecule has 0 saturated heterocycles. The van der Waals surface area contributed by atoms with E-state index in [9.17, 15) is 9.59 Å². The van der Waals surface area contributed by atoms with E-state index >= 15 is 0 Å². The molecule has 0 aliphatic rings. The summed E-state index contributed by atoms with van der Waals surface area (Å²) >= 11 is 0. The maximum atomic E-state index is 11.8. The normalized spacial score (nSPS) is 10.2. The second-order valence-electron chi connectivity index (χ2n) is 4.41. The Hall–Kier alpha value is -1.64. The first-order chi connectivity index (χ1) is 8.58. The van der Waals surface area contributed by atoms with Gasteiger partial charge in [-0.25, -0.2) is 0 Å². The average molecular weight is 247 g/mol. The largest absolute Gasteiger partial charge is 0.326 e. The molecular weight excluding hydrogens is 226 g/mol. The Labute approximate surface area is 109 Å². The SMILES string of the molecule is CCc1cccc(CC)c1NC(=O)CCC(C)=O. The molecule has 1 aromatic rings. The smallest absolute Gasteiger partial charge is 0.224 e. The van der Waals surface area contributed by atoms with Crippen molar-refractivity contribution in [1.29, 1.82) is 0 Å². The zero-order valence-electron chi connectivity index (χ0n) is 11.4. The average Bonchev–Trinajstić information content (AvgIpc) is 2.36. The van der Waals surface area contributed by atoms with Crippen LogP contribution in [-0.2, 0) is 22.4 Å². The van der Waals surface area contributed by atoms with Crippen molar-refractivity contribution in [3.63, 3.8) is 0 Å². The quantitative estimate of drug-likeness (QED) is 0.839. The Morgan fingerprint density at radius 3 is 2.06 bits per heavy atom. The van der Waals surface area contributed by atoms with Gasteiger partial charge in [0.25, 0.3) is 0 Å². The van der Waals surface area contributed by atoms with E-state index in [4.69, 9.17) is 0 Å². The lowest BCUT2D eigenvalue weighted by Crippen LogP contribution is -2.15. The highest BCUT2D eigenvalue weighted by atomic mass is 16.2. The summed E-state index contributed by atoms with van der Waals surface area (Å²) in [6.07, 6.45) is 2.34. The molecule has 18 heavy (non-hydrogen) atoms. The molecule has 0 aliphatic heterocycles. The molecule has 0 spiro atoms.